The van der Waals surface area contributed by atoms with Crippen LogP contribution in [0.25, 0.3) is 16.7 Å². The molecule has 3 saturated carbocycles. The lowest BCUT2D eigenvalue weighted by atomic mass is 9.57. The molecule has 0 radical (unpaired) electrons. The summed E-state index contributed by atoms with van der Waals surface area (Å²) in [4.78, 5) is 12.0. The number of nitriles is 1. The summed E-state index contributed by atoms with van der Waals surface area (Å²) < 4.78 is 1.90. The van der Waals surface area contributed by atoms with Crippen molar-refractivity contribution in [3.8, 4) is 11.9 Å². The highest BCUT2D eigenvalue weighted by Crippen LogP contribution is 2.68. The van der Waals surface area contributed by atoms with Gasteiger partial charge in [-0.2, -0.15) is 10.4 Å². The van der Waals surface area contributed by atoms with Gasteiger partial charge in [-0.25, -0.2) is 14.6 Å². The Morgan fingerprint density at radius 2 is 1.89 bits per heavy atom. The number of hydrogen-bond acceptors (Lipinski definition) is 7. The molecule has 5 aliphatic rings. The normalized spacial score (nSPS) is 27.5. The monoisotopic (exact) mass is 486 g/mol. The highest BCUT2D eigenvalue weighted by molar-refractivity contribution is 7.98. The molecule has 0 unspecified atom stereocenters. The van der Waals surface area contributed by atoms with E-state index in [1.807, 2.05) is 37.0 Å². The molecule has 4 heterocycles. The number of anilines is 1. The number of thioether (sulfide) groups is 1. The first kappa shape index (κ1) is 21.6. The van der Waals surface area contributed by atoms with Crippen LogP contribution in [-0.2, 0) is 5.41 Å². The van der Waals surface area contributed by atoms with Crippen molar-refractivity contribution in [3.05, 3.63) is 36.0 Å². The molecule has 2 bridgehead atoms. The first-order valence-corrected chi connectivity index (χ1v) is 13.7. The minimum Gasteiger partial charge on any atom is -0.390 e. The first-order chi connectivity index (χ1) is 16.7. The summed E-state index contributed by atoms with van der Waals surface area (Å²) in [7, 11) is 0. The van der Waals surface area contributed by atoms with Gasteiger partial charge in [0.1, 0.15) is 5.82 Å². The Labute approximate surface area is 209 Å². The molecule has 2 saturated heterocycles. The Balaban J connectivity index is 1.28. The summed E-state index contributed by atoms with van der Waals surface area (Å²) >= 11 is 1.53. The van der Waals surface area contributed by atoms with Crippen molar-refractivity contribution in [2.75, 3.05) is 17.7 Å². The van der Waals surface area contributed by atoms with Crippen molar-refractivity contribution in [1.82, 2.24) is 19.7 Å². The topological polar surface area (TPSA) is 90.9 Å². The van der Waals surface area contributed by atoms with Gasteiger partial charge in [0.05, 0.1) is 28.8 Å². The molecule has 3 aliphatic carbocycles. The van der Waals surface area contributed by atoms with E-state index in [0.717, 1.165) is 60.3 Å². The summed E-state index contributed by atoms with van der Waals surface area (Å²) in [5.74, 6) is 1.64. The van der Waals surface area contributed by atoms with Gasteiger partial charge < -0.3 is 10.0 Å². The molecule has 1 N–H and O–H groups in total. The van der Waals surface area contributed by atoms with Gasteiger partial charge in [0.2, 0.25) is 0 Å². The van der Waals surface area contributed by atoms with Gasteiger partial charge in [0.25, 0.3) is 0 Å². The molecule has 2 aromatic heterocycles. The van der Waals surface area contributed by atoms with Gasteiger partial charge in [0.15, 0.2) is 11.0 Å². The van der Waals surface area contributed by atoms with Crippen molar-refractivity contribution >= 4 is 28.5 Å². The Bertz CT molecular complexity index is 1400. The second kappa shape index (κ2) is 6.77. The highest BCUT2D eigenvalue weighted by Gasteiger charge is 2.63. The summed E-state index contributed by atoms with van der Waals surface area (Å²) in [5, 5.41) is 27.3. The van der Waals surface area contributed by atoms with Crippen LogP contribution in [0.4, 0.5) is 5.82 Å². The number of rotatable bonds is 5. The molecule has 8 heteroatoms. The van der Waals surface area contributed by atoms with Crippen molar-refractivity contribution in [2.24, 2.45) is 10.8 Å². The fourth-order valence-electron chi connectivity index (χ4n) is 6.96. The summed E-state index contributed by atoms with van der Waals surface area (Å²) in [5.41, 5.74) is 1.37. The number of benzene rings is 1. The van der Waals surface area contributed by atoms with Crippen LogP contribution in [0.15, 0.2) is 35.6 Å². The second-order valence-corrected chi connectivity index (χ2v) is 12.8. The number of aromatic nitrogens is 4. The third-order valence-corrected chi connectivity index (χ3v) is 10.0. The molecule has 0 amide bonds. The second-order valence-electron chi connectivity index (χ2n) is 12.0. The van der Waals surface area contributed by atoms with E-state index in [-0.39, 0.29) is 10.8 Å². The van der Waals surface area contributed by atoms with Crippen LogP contribution < -0.4 is 4.90 Å². The van der Waals surface area contributed by atoms with Gasteiger partial charge in [0, 0.05) is 29.5 Å². The van der Waals surface area contributed by atoms with Crippen LogP contribution in [0, 0.1) is 22.2 Å². The quantitative estimate of drug-likeness (QED) is 0.416. The molecule has 5 fully saturated rings. The largest absolute Gasteiger partial charge is 0.390 e. The summed E-state index contributed by atoms with van der Waals surface area (Å²) in [6.45, 7) is 4.67. The van der Waals surface area contributed by atoms with E-state index >= 15 is 0 Å². The molecule has 7 nitrogen and oxygen atoms in total. The summed E-state index contributed by atoms with van der Waals surface area (Å²) in [6, 6.07) is 11.4. The van der Waals surface area contributed by atoms with Crippen molar-refractivity contribution in [3.63, 3.8) is 0 Å². The predicted octanol–water partition coefficient (Wildman–Crippen LogP) is 4.61. The molecule has 1 aromatic carbocycles. The van der Waals surface area contributed by atoms with Crippen molar-refractivity contribution in [2.45, 2.75) is 74.6 Å². The number of nitrogens with zero attached hydrogens (tertiary/aromatic N) is 6. The van der Waals surface area contributed by atoms with Crippen molar-refractivity contribution in [1.29, 1.82) is 5.26 Å². The molecule has 1 spiro atoms. The number of aliphatic hydroxyl groups is 1. The molecule has 3 aromatic rings. The van der Waals surface area contributed by atoms with Gasteiger partial charge >= 0.3 is 0 Å². The molecule has 2 aliphatic heterocycles. The van der Waals surface area contributed by atoms with Gasteiger partial charge in [-0.3, -0.25) is 0 Å². The SMILES string of the molecule is CSc1nc(N2CC3(C(C)(C)O)CC2C3)cc(-n2ncc3ccc(C4(C#N)CC5(CC5)C4)cc32)n1. The molecule has 8 rings (SSSR count). The number of hydrogen-bond donors (Lipinski definition) is 1. The van der Waals surface area contributed by atoms with Crippen LogP contribution >= 0.6 is 11.8 Å². The first-order valence-electron chi connectivity index (χ1n) is 12.5. The zero-order valence-corrected chi connectivity index (χ0v) is 21.3. The average molecular weight is 487 g/mol. The maximum atomic E-state index is 10.8. The average Bonchev–Trinajstić information content (AvgIpc) is 3.16. The van der Waals surface area contributed by atoms with E-state index in [1.54, 1.807) is 0 Å². The van der Waals surface area contributed by atoms with E-state index in [1.165, 1.54) is 24.6 Å². The fourth-order valence-corrected chi connectivity index (χ4v) is 7.33. The van der Waals surface area contributed by atoms with Crippen LogP contribution in [0.1, 0.15) is 57.9 Å². The Hall–Kier alpha value is -2.63. The van der Waals surface area contributed by atoms with E-state index in [9.17, 15) is 10.4 Å². The van der Waals surface area contributed by atoms with Crippen molar-refractivity contribution < 1.29 is 5.11 Å². The molecule has 35 heavy (non-hydrogen) atoms. The van der Waals surface area contributed by atoms with E-state index in [2.05, 4.69) is 29.2 Å². The minimum absolute atomic E-state index is 0.0666. The van der Waals surface area contributed by atoms with E-state index < -0.39 is 5.60 Å². The maximum Gasteiger partial charge on any atom is 0.191 e. The lowest BCUT2D eigenvalue weighted by Crippen LogP contribution is -2.50. The molecular formula is C27H30N6OS. The van der Waals surface area contributed by atoms with Crippen LogP contribution in [-0.4, -0.2) is 49.3 Å². The van der Waals surface area contributed by atoms with Gasteiger partial charge in [-0.05, 0) is 75.7 Å². The maximum absolute atomic E-state index is 10.8. The number of fused-ring (bicyclic) bond motifs is 2. The third kappa shape index (κ3) is 2.98. The lowest BCUT2D eigenvalue weighted by Gasteiger charge is -2.45. The zero-order chi connectivity index (χ0) is 24.2. The fraction of sp³-hybridized carbons (Fsp3) is 0.556. The van der Waals surface area contributed by atoms with Crippen LogP contribution in [0.2, 0.25) is 0 Å². The Morgan fingerprint density at radius 1 is 1.14 bits per heavy atom. The zero-order valence-electron chi connectivity index (χ0n) is 20.5. The summed E-state index contributed by atoms with van der Waals surface area (Å²) in [6.07, 6.45) is 10.3. The Morgan fingerprint density at radius 3 is 2.51 bits per heavy atom. The molecule has 0 atom stereocenters. The van der Waals surface area contributed by atoms with Crippen LogP contribution in [0.5, 0.6) is 0 Å². The van der Waals surface area contributed by atoms with E-state index in [0.29, 0.717) is 16.6 Å². The minimum atomic E-state index is -0.706. The standard InChI is InChI=1S/C27H30N6OS/c1-24(2,34)27-10-19(11-27)32(16-27)21-9-22(31-23(30-21)35-3)33-20-8-18(5-4-17(20)12-29-33)26(15-28)13-25(14-26)6-7-25/h4-5,8-9,12,19,34H,6-7,10-11,13-14,16H2,1-3H3. The van der Waals surface area contributed by atoms with Gasteiger partial charge in [-0.15, -0.1) is 0 Å². The van der Waals surface area contributed by atoms with E-state index in [4.69, 9.17) is 15.1 Å². The highest BCUT2D eigenvalue weighted by atomic mass is 32.2. The van der Waals surface area contributed by atoms with Gasteiger partial charge in [-0.1, -0.05) is 23.9 Å². The molecular weight excluding hydrogens is 456 g/mol. The predicted molar refractivity (Wildman–Crippen MR) is 136 cm³/mol. The lowest BCUT2D eigenvalue weighted by molar-refractivity contribution is -0.0754. The third-order valence-electron chi connectivity index (χ3n) is 9.48. The molecule has 180 valence electrons. The smallest absolute Gasteiger partial charge is 0.191 e. The van der Waals surface area contributed by atoms with Crippen LogP contribution in [0.3, 0.4) is 0 Å². The Kier molecular flexibility index (Phi) is 4.19.